The molecule has 0 saturated heterocycles. The Morgan fingerprint density at radius 3 is 2.48 bits per heavy atom. The second-order valence-electron chi connectivity index (χ2n) is 4.35. The van der Waals surface area contributed by atoms with Gasteiger partial charge in [-0.15, -0.1) is 11.3 Å². The number of benzene rings is 2. The fourth-order valence-electron chi connectivity index (χ4n) is 1.91. The maximum absolute atomic E-state index is 13.7. The monoisotopic (exact) mass is 298 g/mol. The van der Waals surface area contributed by atoms with E-state index in [1.165, 1.54) is 23.5 Å². The van der Waals surface area contributed by atoms with Crippen LogP contribution in [0.5, 0.6) is 0 Å². The largest absolute Gasteiger partial charge is 0.236 e. The van der Waals surface area contributed by atoms with Gasteiger partial charge in [-0.05, 0) is 24.3 Å². The molecule has 0 amide bonds. The summed E-state index contributed by atoms with van der Waals surface area (Å²) in [4.78, 5) is 4.37. The SMILES string of the molecule is N#Cc1ccc(-c2csc(-c3ccc(F)cc3F)n2)cc1. The minimum atomic E-state index is -0.629. The van der Waals surface area contributed by atoms with Crippen molar-refractivity contribution in [2.24, 2.45) is 0 Å². The van der Waals surface area contributed by atoms with E-state index in [4.69, 9.17) is 5.26 Å². The summed E-state index contributed by atoms with van der Waals surface area (Å²) < 4.78 is 26.7. The van der Waals surface area contributed by atoms with Crippen molar-refractivity contribution < 1.29 is 8.78 Å². The summed E-state index contributed by atoms with van der Waals surface area (Å²) >= 11 is 1.29. The molecule has 1 aromatic heterocycles. The van der Waals surface area contributed by atoms with Gasteiger partial charge < -0.3 is 0 Å². The van der Waals surface area contributed by atoms with Gasteiger partial charge in [-0.2, -0.15) is 5.26 Å². The van der Waals surface area contributed by atoms with Gasteiger partial charge >= 0.3 is 0 Å². The molecule has 0 fully saturated rings. The first kappa shape index (κ1) is 13.4. The Balaban J connectivity index is 1.97. The summed E-state index contributed by atoms with van der Waals surface area (Å²) in [6.07, 6.45) is 0. The van der Waals surface area contributed by atoms with E-state index in [1.54, 1.807) is 29.6 Å². The van der Waals surface area contributed by atoms with Crippen LogP contribution in [-0.4, -0.2) is 4.98 Å². The molecule has 0 N–H and O–H groups in total. The molecule has 0 atom stereocenters. The molecule has 0 bridgehead atoms. The van der Waals surface area contributed by atoms with E-state index in [0.29, 0.717) is 16.3 Å². The van der Waals surface area contributed by atoms with Crippen molar-refractivity contribution in [3.05, 3.63) is 65.0 Å². The molecule has 3 aromatic rings. The van der Waals surface area contributed by atoms with Gasteiger partial charge in [0, 0.05) is 22.6 Å². The van der Waals surface area contributed by atoms with Crippen molar-refractivity contribution in [3.8, 4) is 27.9 Å². The lowest BCUT2D eigenvalue weighted by Crippen LogP contribution is -1.86. The van der Waals surface area contributed by atoms with Crippen LogP contribution in [0.15, 0.2) is 47.8 Å². The van der Waals surface area contributed by atoms with E-state index in [-0.39, 0.29) is 5.56 Å². The number of hydrogen-bond donors (Lipinski definition) is 0. The fraction of sp³-hybridized carbons (Fsp3) is 0. The number of aromatic nitrogens is 1. The summed E-state index contributed by atoms with van der Waals surface area (Å²) in [6.45, 7) is 0. The molecule has 0 aliphatic heterocycles. The topological polar surface area (TPSA) is 36.7 Å². The lowest BCUT2D eigenvalue weighted by molar-refractivity contribution is 0.585. The van der Waals surface area contributed by atoms with Gasteiger partial charge in [0.25, 0.3) is 0 Å². The highest BCUT2D eigenvalue weighted by molar-refractivity contribution is 7.13. The average molecular weight is 298 g/mol. The Morgan fingerprint density at radius 1 is 1.05 bits per heavy atom. The zero-order valence-corrected chi connectivity index (χ0v) is 11.5. The Labute approximate surface area is 123 Å². The third-order valence-electron chi connectivity index (χ3n) is 2.98. The quantitative estimate of drug-likeness (QED) is 0.691. The number of rotatable bonds is 2. The summed E-state index contributed by atoms with van der Waals surface area (Å²) in [7, 11) is 0. The van der Waals surface area contributed by atoms with Crippen LogP contribution in [0, 0.1) is 23.0 Å². The van der Waals surface area contributed by atoms with E-state index in [0.717, 1.165) is 11.6 Å². The molecule has 0 aliphatic carbocycles. The third-order valence-corrected chi connectivity index (χ3v) is 3.85. The summed E-state index contributed by atoms with van der Waals surface area (Å²) in [5, 5.41) is 11.1. The van der Waals surface area contributed by atoms with Gasteiger partial charge in [-0.3, -0.25) is 0 Å². The second kappa shape index (κ2) is 5.43. The van der Waals surface area contributed by atoms with E-state index in [9.17, 15) is 8.78 Å². The summed E-state index contributed by atoms with van der Waals surface area (Å²) in [5.74, 6) is -1.24. The van der Waals surface area contributed by atoms with E-state index >= 15 is 0 Å². The predicted molar refractivity (Wildman–Crippen MR) is 77.6 cm³/mol. The number of nitrogens with zero attached hydrogens (tertiary/aromatic N) is 2. The normalized spacial score (nSPS) is 10.3. The number of hydrogen-bond acceptors (Lipinski definition) is 3. The average Bonchev–Trinajstić information content (AvgIpc) is 2.97. The first-order valence-corrected chi connectivity index (χ1v) is 6.97. The molecule has 0 radical (unpaired) electrons. The maximum Gasteiger partial charge on any atom is 0.136 e. The smallest absolute Gasteiger partial charge is 0.136 e. The minimum absolute atomic E-state index is 0.279. The molecule has 0 aliphatic rings. The number of thiazole rings is 1. The van der Waals surface area contributed by atoms with Gasteiger partial charge in [0.15, 0.2) is 0 Å². The molecule has 2 nitrogen and oxygen atoms in total. The number of halogens is 2. The highest BCUT2D eigenvalue weighted by Crippen LogP contribution is 2.30. The molecule has 1 heterocycles. The summed E-state index contributed by atoms with van der Waals surface area (Å²) in [5.41, 5.74) is 2.39. The van der Waals surface area contributed by atoms with Crippen LogP contribution in [0.4, 0.5) is 8.78 Å². The predicted octanol–water partition coefficient (Wildman–Crippen LogP) is 4.63. The van der Waals surface area contributed by atoms with Crippen molar-refractivity contribution in [1.82, 2.24) is 4.98 Å². The molecule has 21 heavy (non-hydrogen) atoms. The third kappa shape index (κ3) is 2.67. The molecular formula is C16H8F2N2S. The first-order chi connectivity index (χ1) is 10.2. The van der Waals surface area contributed by atoms with Crippen LogP contribution in [0.3, 0.4) is 0 Å². The van der Waals surface area contributed by atoms with Crippen molar-refractivity contribution in [2.45, 2.75) is 0 Å². The van der Waals surface area contributed by atoms with Crippen LogP contribution >= 0.6 is 11.3 Å². The van der Waals surface area contributed by atoms with Crippen LogP contribution in [0.1, 0.15) is 5.56 Å². The van der Waals surface area contributed by atoms with Crippen molar-refractivity contribution in [3.63, 3.8) is 0 Å². The van der Waals surface area contributed by atoms with Crippen LogP contribution in [-0.2, 0) is 0 Å². The molecule has 2 aromatic carbocycles. The molecule has 5 heteroatoms. The molecule has 0 spiro atoms. The molecule has 0 saturated carbocycles. The maximum atomic E-state index is 13.7. The zero-order chi connectivity index (χ0) is 14.8. The van der Waals surface area contributed by atoms with Crippen molar-refractivity contribution in [2.75, 3.05) is 0 Å². The highest BCUT2D eigenvalue weighted by Gasteiger charge is 2.11. The Hall–Kier alpha value is -2.58. The van der Waals surface area contributed by atoms with E-state index < -0.39 is 11.6 Å². The van der Waals surface area contributed by atoms with Gasteiger partial charge in [0.05, 0.1) is 17.3 Å². The summed E-state index contributed by atoms with van der Waals surface area (Å²) in [6, 6.07) is 12.5. The van der Waals surface area contributed by atoms with Crippen LogP contribution in [0.25, 0.3) is 21.8 Å². The van der Waals surface area contributed by atoms with E-state index in [1.807, 2.05) is 6.07 Å². The van der Waals surface area contributed by atoms with Crippen molar-refractivity contribution in [1.29, 1.82) is 5.26 Å². The van der Waals surface area contributed by atoms with E-state index in [2.05, 4.69) is 4.98 Å². The molecule has 0 unspecified atom stereocenters. The highest BCUT2D eigenvalue weighted by atomic mass is 32.1. The lowest BCUT2D eigenvalue weighted by atomic mass is 10.1. The zero-order valence-electron chi connectivity index (χ0n) is 10.7. The molecule has 102 valence electrons. The Morgan fingerprint density at radius 2 is 1.81 bits per heavy atom. The fourth-order valence-corrected chi connectivity index (χ4v) is 2.76. The van der Waals surface area contributed by atoms with Crippen LogP contribution in [0.2, 0.25) is 0 Å². The molecular weight excluding hydrogens is 290 g/mol. The Bertz CT molecular complexity index is 832. The van der Waals surface area contributed by atoms with Gasteiger partial charge in [-0.25, -0.2) is 13.8 Å². The number of nitriles is 1. The standard InChI is InChI=1S/C16H8F2N2S/c17-12-5-6-13(14(18)7-12)16-20-15(9-21-16)11-3-1-10(8-19)2-4-11/h1-7,9H. The van der Waals surface area contributed by atoms with Gasteiger partial charge in [-0.1, -0.05) is 12.1 Å². The first-order valence-electron chi connectivity index (χ1n) is 6.09. The molecule has 3 rings (SSSR count). The van der Waals surface area contributed by atoms with Gasteiger partial charge in [0.1, 0.15) is 16.6 Å². The van der Waals surface area contributed by atoms with Gasteiger partial charge in [0.2, 0.25) is 0 Å². The van der Waals surface area contributed by atoms with Crippen molar-refractivity contribution >= 4 is 11.3 Å². The Kier molecular flexibility index (Phi) is 3.46. The van der Waals surface area contributed by atoms with Crippen LogP contribution < -0.4 is 0 Å². The second-order valence-corrected chi connectivity index (χ2v) is 5.21. The minimum Gasteiger partial charge on any atom is -0.236 e. The lowest BCUT2D eigenvalue weighted by Gasteiger charge is -1.99.